The SMILES string of the molecule is C[C@@H](c1nnc(SCc2cn3ccccc3n2)n1-c1ccc(F)cc1)N1CCCCC1. The van der Waals surface area contributed by atoms with Crippen LogP contribution in [-0.2, 0) is 5.75 Å². The number of aromatic nitrogens is 5. The minimum atomic E-state index is -0.249. The number of rotatable bonds is 6. The van der Waals surface area contributed by atoms with Crippen molar-refractivity contribution in [3.8, 4) is 5.69 Å². The summed E-state index contributed by atoms with van der Waals surface area (Å²) in [5.41, 5.74) is 2.79. The summed E-state index contributed by atoms with van der Waals surface area (Å²) in [6.45, 7) is 4.33. The van der Waals surface area contributed by atoms with Crippen LogP contribution in [0.1, 0.15) is 43.7 Å². The van der Waals surface area contributed by atoms with Crippen LogP contribution in [0.3, 0.4) is 0 Å². The van der Waals surface area contributed by atoms with E-state index in [2.05, 4.69) is 31.6 Å². The van der Waals surface area contributed by atoms with Gasteiger partial charge in [-0.1, -0.05) is 24.2 Å². The van der Waals surface area contributed by atoms with Crippen molar-refractivity contribution in [1.29, 1.82) is 0 Å². The Morgan fingerprint density at radius 1 is 1.03 bits per heavy atom. The maximum absolute atomic E-state index is 13.6. The average molecular weight is 437 g/mol. The second-order valence-corrected chi connectivity index (χ2v) is 8.85. The van der Waals surface area contributed by atoms with Gasteiger partial charge in [0, 0.05) is 23.8 Å². The number of benzene rings is 1. The summed E-state index contributed by atoms with van der Waals surface area (Å²) in [5.74, 6) is 1.33. The number of likely N-dealkylation sites (tertiary alicyclic amines) is 1. The third-order valence-corrected chi connectivity index (χ3v) is 6.78. The first kappa shape index (κ1) is 20.2. The van der Waals surface area contributed by atoms with Crippen LogP contribution in [0.5, 0.6) is 0 Å². The fourth-order valence-electron chi connectivity index (χ4n) is 4.14. The average Bonchev–Trinajstić information content (AvgIpc) is 3.42. The first-order chi connectivity index (χ1) is 15.2. The van der Waals surface area contributed by atoms with Gasteiger partial charge in [0.15, 0.2) is 11.0 Å². The highest BCUT2D eigenvalue weighted by atomic mass is 32.2. The smallest absolute Gasteiger partial charge is 0.196 e. The van der Waals surface area contributed by atoms with Gasteiger partial charge in [0.25, 0.3) is 0 Å². The molecule has 4 aromatic rings. The molecule has 8 heteroatoms. The molecule has 1 aliphatic rings. The van der Waals surface area contributed by atoms with Gasteiger partial charge < -0.3 is 4.40 Å². The molecule has 1 atom stereocenters. The lowest BCUT2D eigenvalue weighted by atomic mass is 10.1. The lowest BCUT2D eigenvalue weighted by molar-refractivity contribution is 0.167. The Bertz CT molecular complexity index is 1130. The van der Waals surface area contributed by atoms with Gasteiger partial charge >= 0.3 is 0 Å². The summed E-state index contributed by atoms with van der Waals surface area (Å²) in [7, 11) is 0. The van der Waals surface area contributed by atoms with E-state index in [9.17, 15) is 4.39 Å². The van der Waals surface area contributed by atoms with E-state index in [1.54, 1.807) is 23.9 Å². The van der Waals surface area contributed by atoms with E-state index >= 15 is 0 Å². The van der Waals surface area contributed by atoms with Crippen molar-refractivity contribution in [1.82, 2.24) is 29.0 Å². The molecule has 0 N–H and O–H groups in total. The molecule has 0 bridgehead atoms. The number of thioether (sulfide) groups is 1. The van der Waals surface area contributed by atoms with Gasteiger partial charge in [-0.15, -0.1) is 10.2 Å². The molecule has 160 valence electrons. The third kappa shape index (κ3) is 4.22. The molecular formula is C23H25FN6S. The number of imidazole rings is 1. The fraction of sp³-hybridized carbons (Fsp3) is 0.348. The number of nitrogens with zero attached hydrogens (tertiary/aromatic N) is 6. The number of hydrogen-bond acceptors (Lipinski definition) is 5. The van der Waals surface area contributed by atoms with Crippen LogP contribution in [0.2, 0.25) is 0 Å². The molecular weight excluding hydrogens is 411 g/mol. The molecule has 0 saturated carbocycles. The van der Waals surface area contributed by atoms with Gasteiger partial charge in [0.2, 0.25) is 0 Å². The van der Waals surface area contributed by atoms with Crippen LogP contribution in [0.25, 0.3) is 11.3 Å². The monoisotopic (exact) mass is 436 g/mol. The zero-order chi connectivity index (χ0) is 21.2. The molecule has 0 aliphatic carbocycles. The molecule has 4 heterocycles. The molecule has 6 nitrogen and oxygen atoms in total. The first-order valence-corrected chi connectivity index (χ1v) is 11.7. The minimum Gasteiger partial charge on any atom is -0.307 e. The summed E-state index contributed by atoms with van der Waals surface area (Å²) < 4.78 is 17.7. The second kappa shape index (κ2) is 8.80. The largest absolute Gasteiger partial charge is 0.307 e. The summed E-state index contributed by atoms with van der Waals surface area (Å²) >= 11 is 1.60. The van der Waals surface area contributed by atoms with Crippen LogP contribution in [0.15, 0.2) is 60.0 Å². The van der Waals surface area contributed by atoms with Gasteiger partial charge in [0.05, 0.1) is 11.7 Å². The number of pyridine rings is 1. The molecule has 31 heavy (non-hydrogen) atoms. The van der Waals surface area contributed by atoms with Gasteiger partial charge in [-0.3, -0.25) is 9.47 Å². The third-order valence-electron chi connectivity index (χ3n) is 5.82. The lowest BCUT2D eigenvalue weighted by Crippen LogP contribution is -2.33. The molecule has 0 amide bonds. The molecule has 1 saturated heterocycles. The number of halogens is 1. The Balaban J connectivity index is 1.45. The fourth-order valence-corrected chi connectivity index (χ4v) is 4.98. The number of hydrogen-bond donors (Lipinski definition) is 0. The molecule has 1 aromatic carbocycles. The predicted molar refractivity (Wildman–Crippen MR) is 120 cm³/mol. The van der Waals surface area contributed by atoms with Crippen molar-refractivity contribution in [3.63, 3.8) is 0 Å². The van der Waals surface area contributed by atoms with E-state index < -0.39 is 0 Å². The summed E-state index contributed by atoms with van der Waals surface area (Å²) in [6.07, 6.45) is 7.75. The van der Waals surface area contributed by atoms with Crippen molar-refractivity contribution in [3.05, 3.63) is 72.2 Å². The second-order valence-electron chi connectivity index (χ2n) is 7.91. The van der Waals surface area contributed by atoms with Crippen LogP contribution >= 0.6 is 11.8 Å². The number of piperidine rings is 1. The molecule has 0 spiro atoms. The molecule has 1 fully saturated rings. The Morgan fingerprint density at radius 2 is 1.84 bits per heavy atom. The normalized spacial score (nSPS) is 16.1. The molecule has 1 aliphatic heterocycles. The van der Waals surface area contributed by atoms with E-state index in [1.165, 1.54) is 31.4 Å². The Kier molecular flexibility index (Phi) is 5.74. The highest BCUT2D eigenvalue weighted by molar-refractivity contribution is 7.98. The van der Waals surface area contributed by atoms with Gasteiger partial charge in [-0.2, -0.15) is 0 Å². The lowest BCUT2D eigenvalue weighted by Gasteiger charge is -2.31. The van der Waals surface area contributed by atoms with Crippen molar-refractivity contribution < 1.29 is 4.39 Å². The predicted octanol–water partition coefficient (Wildman–Crippen LogP) is 4.89. The number of fused-ring (bicyclic) bond motifs is 1. The summed E-state index contributed by atoms with van der Waals surface area (Å²) in [6, 6.07) is 12.7. The van der Waals surface area contributed by atoms with Crippen LogP contribution in [0, 0.1) is 5.82 Å². The van der Waals surface area contributed by atoms with E-state index in [1.807, 2.05) is 35.0 Å². The zero-order valence-electron chi connectivity index (χ0n) is 17.5. The topological polar surface area (TPSA) is 51.2 Å². The van der Waals surface area contributed by atoms with E-state index in [0.717, 1.165) is 41.1 Å². The van der Waals surface area contributed by atoms with Crippen molar-refractivity contribution >= 4 is 17.4 Å². The van der Waals surface area contributed by atoms with E-state index in [0.29, 0.717) is 5.75 Å². The van der Waals surface area contributed by atoms with Crippen LogP contribution < -0.4 is 0 Å². The van der Waals surface area contributed by atoms with Crippen molar-refractivity contribution in [2.45, 2.75) is 43.1 Å². The van der Waals surface area contributed by atoms with Crippen molar-refractivity contribution in [2.75, 3.05) is 13.1 Å². The van der Waals surface area contributed by atoms with Gasteiger partial charge in [-0.25, -0.2) is 9.37 Å². The summed E-state index contributed by atoms with van der Waals surface area (Å²) in [4.78, 5) is 7.15. The minimum absolute atomic E-state index is 0.141. The maximum atomic E-state index is 13.6. The first-order valence-electron chi connectivity index (χ1n) is 10.7. The maximum Gasteiger partial charge on any atom is 0.196 e. The quantitative estimate of drug-likeness (QED) is 0.403. The zero-order valence-corrected chi connectivity index (χ0v) is 18.3. The highest BCUT2D eigenvalue weighted by Crippen LogP contribution is 2.30. The van der Waals surface area contributed by atoms with Gasteiger partial charge in [0.1, 0.15) is 11.5 Å². The molecule has 3 aromatic heterocycles. The highest BCUT2D eigenvalue weighted by Gasteiger charge is 2.25. The molecule has 0 radical (unpaired) electrons. The van der Waals surface area contributed by atoms with E-state index in [4.69, 9.17) is 0 Å². The Labute approximate surface area is 185 Å². The Morgan fingerprint density at radius 3 is 2.61 bits per heavy atom. The molecule has 0 unspecified atom stereocenters. The summed E-state index contributed by atoms with van der Waals surface area (Å²) in [5, 5.41) is 9.89. The standard InChI is InChI=1S/C23H25FN6S/c1-17(28-12-4-2-5-13-28)22-26-27-23(30(22)20-10-8-18(24)9-11-20)31-16-19-15-29-14-6-3-7-21(29)25-19/h3,6-11,14-15,17H,2,4-5,12-13,16H2,1H3/t17-/m0/s1. The van der Waals surface area contributed by atoms with Gasteiger partial charge in [-0.05, 0) is 69.3 Å². The van der Waals surface area contributed by atoms with Crippen LogP contribution in [0.4, 0.5) is 4.39 Å². The Hall–Kier alpha value is -2.71. The van der Waals surface area contributed by atoms with Crippen LogP contribution in [-0.4, -0.2) is 42.1 Å². The van der Waals surface area contributed by atoms with Crippen molar-refractivity contribution in [2.24, 2.45) is 0 Å². The molecule has 5 rings (SSSR count). The van der Waals surface area contributed by atoms with E-state index in [-0.39, 0.29) is 11.9 Å².